The normalized spacial score (nSPS) is 12.3. The van der Waals surface area contributed by atoms with Crippen molar-refractivity contribution in [3.05, 3.63) is 53.5 Å². The predicted octanol–water partition coefficient (Wildman–Crippen LogP) is 3.54. The van der Waals surface area contributed by atoms with Crippen molar-refractivity contribution in [1.29, 1.82) is 0 Å². The smallest absolute Gasteiger partial charge is 0.116 e. The molecule has 0 spiro atoms. The summed E-state index contributed by atoms with van der Waals surface area (Å²) in [7, 11) is 0. The third-order valence-electron chi connectivity index (χ3n) is 3.20. The molecule has 0 amide bonds. The Morgan fingerprint density at radius 3 is 2.75 bits per heavy atom. The Balaban J connectivity index is 2.10. The van der Waals surface area contributed by atoms with E-state index in [1.807, 2.05) is 6.07 Å². The molecule has 0 saturated carbocycles. The minimum Gasteiger partial charge on any atom is -0.309 e. The molecule has 1 N–H and O–H groups in total. The lowest BCUT2D eigenvalue weighted by molar-refractivity contribution is 0.603. The molecule has 0 bridgehead atoms. The Hall–Kier alpha value is -1.39. The van der Waals surface area contributed by atoms with Crippen LogP contribution in [-0.4, -0.2) is 22.3 Å². The van der Waals surface area contributed by atoms with Crippen molar-refractivity contribution in [2.75, 3.05) is 12.3 Å². The summed E-state index contributed by atoms with van der Waals surface area (Å²) < 4.78 is 0. The second-order valence-electron chi connectivity index (χ2n) is 4.83. The maximum absolute atomic E-state index is 4.27. The van der Waals surface area contributed by atoms with Crippen molar-refractivity contribution in [2.45, 2.75) is 31.8 Å². The van der Waals surface area contributed by atoms with Crippen LogP contribution in [0.1, 0.15) is 29.7 Å². The van der Waals surface area contributed by atoms with Gasteiger partial charge < -0.3 is 5.32 Å². The Morgan fingerprint density at radius 2 is 2.10 bits per heavy atom. The monoisotopic (exact) mass is 287 g/mol. The lowest BCUT2D eigenvalue weighted by Crippen LogP contribution is -2.23. The highest BCUT2D eigenvalue weighted by Gasteiger charge is 2.13. The van der Waals surface area contributed by atoms with Gasteiger partial charge in [0.15, 0.2) is 0 Å². The molecule has 1 aromatic carbocycles. The van der Waals surface area contributed by atoms with Crippen LogP contribution in [0.25, 0.3) is 0 Å². The number of rotatable bonds is 6. The molecule has 3 nitrogen and oxygen atoms in total. The zero-order valence-corrected chi connectivity index (χ0v) is 13.1. The molecule has 2 rings (SSSR count). The topological polar surface area (TPSA) is 37.8 Å². The molecule has 0 saturated heterocycles. The quantitative estimate of drug-likeness (QED) is 0.651. The molecule has 1 aromatic heterocycles. The van der Waals surface area contributed by atoms with Gasteiger partial charge in [-0.2, -0.15) is 0 Å². The molecule has 0 aliphatic carbocycles. The van der Waals surface area contributed by atoms with Crippen LogP contribution in [0.2, 0.25) is 0 Å². The molecule has 0 aliphatic rings. The van der Waals surface area contributed by atoms with E-state index in [9.17, 15) is 0 Å². The third-order valence-corrected chi connectivity index (χ3v) is 4.24. The van der Waals surface area contributed by atoms with Crippen molar-refractivity contribution in [3.63, 3.8) is 0 Å². The first-order chi connectivity index (χ1) is 9.70. The minimum absolute atomic E-state index is 0.348. The Morgan fingerprint density at radius 1 is 1.25 bits per heavy atom. The number of aryl methyl sites for hydroxylation is 2. The van der Waals surface area contributed by atoms with E-state index in [1.54, 1.807) is 24.3 Å². The van der Waals surface area contributed by atoms with Crippen LogP contribution in [0.5, 0.6) is 0 Å². The van der Waals surface area contributed by atoms with Crippen molar-refractivity contribution in [1.82, 2.24) is 15.3 Å². The van der Waals surface area contributed by atoms with Gasteiger partial charge in [0, 0.05) is 18.0 Å². The van der Waals surface area contributed by atoms with Gasteiger partial charge >= 0.3 is 0 Å². The largest absolute Gasteiger partial charge is 0.309 e. The van der Waals surface area contributed by atoms with Gasteiger partial charge in [-0.1, -0.05) is 30.7 Å². The number of benzene rings is 1. The van der Waals surface area contributed by atoms with E-state index in [1.165, 1.54) is 16.7 Å². The maximum Gasteiger partial charge on any atom is 0.116 e. The predicted molar refractivity (Wildman–Crippen MR) is 85.1 cm³/mol. The standard InChI is InChI=1S/C16H21N3S/c1-4-18-15(10-20-16-7-8-17-11-19-16)14-6-5-12(2)9-13(14)3/h5-9,11,15,18H,4,10H2,1-3H3. The highest BCUT2D eigenvalue weighted by molar-refractivity contribution is 7.99. The van der Waals surface area contributed by atoms with Crippen LogP contribution in [0.4, 0.5) is 0 Å². The molecule has 4 heteroatoms. The number of thioether (sulfide) groups is 1. The summed E-state index contributed by atoms with van der Waals surface area (Å²) in [5, 5.41) is 4.59. The second kappa shape index (κ2) is 7.41. The average Bonchev–Trinajstić information content (AvgIpc) is 2.45. The van der Waals surface area contributed by atoms with Crippen molar-refractivity contribution < 1.29 is 0 Å². The summed E-state index contributed by atoms with van der Waals surface area (Å²) in [5.41, 5.74) is 4.03. The van der Waals surface area contributed by atoms with Crippen molar-refractivity contribution >= 4 is 11.8 Å². The first-order valence-electron chi connectivity index (χ1n) is 6.90. The fourth-order valence-electron chi connectivity index (χ4n) is 2.25. The van der Waals surface area contributed by atoms with Crippen molar-refractivity contribution in [2.24, 2.45) is 0 Å². The average molecular weight is 287 g/mol. The first kappa shape index (κ1) is 15.0. The number of nitrogens with one attached hydrogen (secondary N) is 1. The third kappa shape index (κ3) is 4.05. The van der Waals surface area contributed by atoms with Crippen molar-refractivity contribution in [3.8, 4) is 0 Å². The van der Waals surface area contributed by atoms with Gasteiger partial charge in [-0.15, -0.1) is 11.8 Å². The van der Waals surface area contributed by atoms with Gasteiger partial charge in [0.05, 0.1) is 5.03 Å². The molecule has 1 heterocycles. The fraction of sp³-hybridized carbons (Fsp3) is 0.375. The van der Waals surface area contributed by atoms with Crippen LogP contribution >= 0.6 is 11.8 Å². The highest BCUT2D eigenvalue weighted by Crippen LogP contribution is 2.25. The van der Waals surface area contributed by atoms with Gasteiger partial charge in [-0.3, -0.25) is 0 Å². The Kier molecular flexibility index (Phi) is 5.56. The van der Waals surface area contributed by atoms with Gasteiger partial charge in [0.1, 0.15) is 6.33 Å². The van der Waals surface area contributed by atoms with E-state index in [0.717, 1.165) is 17.3 Å². The van der Waals surface area contributed by atoms with Crippen LogP contribution in [-0.2, 0) is 0 Å². The lowest BCUT2D eigenvalue weighted by atomic mass is 10.0. The van der Waals surface area contributed by atoms with Crippen LogP contribution in [0.3, 0.4) is 0 Å². The van der Waals surface area contributed by atoms with E-state index in [2.05, 4.69) is 54.3 Å². The number of nitrogens with zero attached hydrogens (tertiary/aromatic N) is 2. The van der Waals surface area contributed by atoms with E-state index < -0.39 is 0 Å². The molecule has 1 unspecified atom stereocenters. The molecule has 2 aromatic rings. The molecule has 20 heavy (non-hydrogen) atoms. The first-order valence-corrected chi connectivity index (χ1v) is 7.88. The lowest BCUT2D eigenvalue weighted by Gasteiger charge is -2.20. The summed E-state index contributed by atoms with van der Waals surface area (Å²) in [6, 6.07) is 8.96. The summed E-state index contributed by atoms with van der Waals surface area (Å²) in [6.45, 7) is 7.42. The fourth-order valence-corrected chi connectivity index (χ4v) is 3.17. The zero-order valence-electron chi connectivity index (χ0n) is 12.3. The summed E-state index contributed by atoms with van der Waals surface area (Å²) in [5.74, 6) is 0.967. The summed E-state index contributed by atoms with van der Waals surface area (Å²) >= 11 is 1.76. The molecule has 0 fully saturated rings. The molecular formula is C16H21N3S. The Labute approximate surface area is 125 Å². The summed E-state index contributed by atoms with van der Waals surface area (Å²) in [6.07, 6.45) is 3.39. The number of hydrogen-bond acceptors (Lipinski definition) is 4. The SMILES string of the molecule is CCNC(CSc1ccncn1)c1ccc(C)cc1C. The second-order valence-corrected chi connectivity index (χ2v) is 5.87. The van der Waals surface area contributed by atoms with E-state index >= 15 is 0 Å². The minimum atomic E-state index is 0.348. The highest BCUT2D eigenvalue weighted by atomic mass is 32.2. The van der Waals surface area contributed by atoms with Crippen LogP contribution < -0.4 is 5.32 Å². The maximum atomic E-state index is 4.27. The van der Waals surface area contributed by atoms with E-state index in [-0.39, 0.29) is 0 Å². The molecular weight excluding hydrogens is 266 g/mol. The number of hydrogen-bond donors (Lipinski definition) is 1. The van der Waals surface area contributed by atoms with Crippen LogP contribution in [0, 0.1) is 13.8 Å². The molecule has 0 radical (unpaired) electrons. The van der Waals surface area contributed by atoms with E-state index in [4.69, 9.17) is 0 Å². The van der Waals surface area contributed by atoms with Gasteiger partial charge in [-0.05, 0) is 37.6 Å². The molecule has 0 aliphatic heterocycles. The van der Waals surface area contributed by atoms with Gasteiger partial charge in [0.25, 0.3) is 0 Å². The van der Waals surface area contributed by atoms with Gasteiger partial charge in [-0.25, -0.2) is 9.97 Å². The zero-order chi connectivity index (χ0) is 14.4. The summed E-state index contributed by atoms with van der Waals surface area (Å²) in [4.78, 5) is 8.22. The molecule has 106 valence electrons. The molecule has 1 atom stereocenters. The number of aromatic nitrogens is 2. The Bertz CT molecular complexity index is 543. The van der Waals surface area contributed by atoms with E-state index in [0.29, 0.717) is 6.04 Å². The van der Waals surface area contributed by atoms with Crippen LogP contribution in [0.15, 0.2) is 41.8 Å². The van der Waals surface area contributed by atoms with Gasteiger partial charge in [0.2, 0.25) is 0 Å².